The first-order chi connectivity index (χ1) is 11.6. The van der Waals surface area contributed by atoms with E-state index in [9.17, 15) is 4.79 Å². The van der Waals surface area contributed by atoms with Gasteiger partial charge in [0, 0.05) is 25.5 Å². The molecule has 0 radical (unpaired) electrons. The molecule has 128 valence electrons. The van der Waals surface area contributed by atoms with E-state index in [0.717, 1.165) is 23.5 Å². The molecule has 1 heterocycles. The maximum Gasteiger partial charge on any atom is 0.252 e. The zero-order valence-corrected chi connectivity index (χ0v) is 14.5. The third-order valence-electron chi connectivity index (χ3n) is 3.59. The second kappa shape index (κ2) is 8.91. The largest absolute Gasteiger partial charge is 0.496 e. The molecule has 0 unspecified atom stereocenters. The summed E-state index contributed by atoms with van der Waals surface area (Å²) in [7, 11) is 1.65. The van der Waals surface area contributed by atoms with Crippen LogP contribution in [-0.4, -0.2) is 31.1 Å². The quantitative estimate of drug-likeness (QED) is 0.782. The summed E-state index contributed by atoms with van der Waals surface area (Å²) in [5.41, 5.74) is 2.50. The standard InChI is InChI=1S/C19H25N3O2/c1-14(2)11-22-17-10-16(12-20-13-17)19(23)21-9-8-15-6-4-5-7-18(15)24-3/h4-7,10,12-14,22H,8-9,11H2,1-3H3,(H,21,23). The predicted molar refractivity (Wildman–Crippen MR) is 96.6 cm³/mol. The van der Waals surface area contributed by atoms with Crippen molar-refractivity contribution in [1.82, 2.24) is 10.3 Å². The van der Waals surface area contributed by atoms with Crippen LogP contribution in [0.5, 0.6) is 5.75 Å². The van der Waals surface area contributed by atoms with Crippen molar-refractivity contribution < 1.29 is 9.53 Å². The lowest BCUT2D eigenvalue weighted by Crippen LogP contribution is -2.26. The number of anilines is 1. The Balaban J connectivity index is 1.89. The second-order valence-electron chi connectivity index (χ2n) is 6.05. The van der Waals surface area contributed by atoms with Crippen LogP contribution in [0.3, 0.4) is 0 Å². The molecule has 1 amide bonds. The molecule has 0 spiro atoms. The normalized spacial score (nSPS) is 10.5. The van der Waals surface area contributed by atoms with Crippen LogP contribution in [0.4, 0.5) is 5.69 Å². The van der Waals surface area contributed by atoms with Gasteiger partial charge in [0.1, 0.15) is 5.75 Å². The molecule has 5 nitrogen and oxygen atoms in total. The van der Waals surface area contributed by atoms with Crippen LogP contribution in [0.2, 0.25) is 0 Å². The number of benzene rings is 1. The first kappa shape index (κ1) is 17.8. The lowest BCUT2D eigenvalue weighted by molar-refractivity contribution is 0.0953. The lowest BCUT2D eigenvalue weighted by atomic mass is 10.1. The van der Waals surface area contributed by atoms with Crippen molar-refractivity contribution >= 4 is 11.6 Å². The van der Waals surface area contributed by atoms with E-state index in [1.807, 2.05) is 30.3 Å². The Labute approximate surface area is 143 Å². The highest BCUT2D eigenvalue weighted by atomic mass is 16.5. The van der Waals surface area contributed by atoms with Gasteiger partial charge in [-0.05, 0) is 30.0 Å². The number of nitrogens with one attached hydrogen (secondary N) is 2. The summed E-state index contributed by atoms with van der Waals surface area (Å²) < 4.78 is 5.32. The fourth-order valence-corrected chi connectivity index (χ4v) is 2.31. The highest BCUT2D eigenvalue weighted by molar-refractivity contribution is 5.94. The molecule has 0 saturated heterocycles. The van der Waals surface area contributed by atoms with E-state index in [-0.39, 0.29) is 5.91 Å². The average molecular weight is 327 g/mol. The minimum Gasteiger partial charge on any atom is -0.496 e. The lowest BCUT2D eigenvalue weighted by Gasteiger charge is -2.11. The molecular weight excluding hydrogens is 302 g/mol. The summed E-state index contributed by atoms with van der Waals surface area (Å²) in [5.74, 6) is 1.25. The Morgan fingerprint density at radius 2 is 2.04 bits per heavy atom. The molecule has 2 N–H and O–H groups in total. The number of carbonyl (C=O) groups is 1. The zero-order valence-electron chi connectivity index (χ0n) is 14.5. The van der Waals surface area contributed by atoms with Crippen LogP contribution in [0.1, 0.15) is 29.8 Å². The molecule has 0 saturated carbocycles. The Hall–Kier alpha value is -2.56. The van der Waals surface area contributed by atoms with Gasteiger partial charge in [-0.25, -0.2) is 0 Å². The molecule has 0 aliphatic heterocycles. The van der Waals surface area contributed by atoms with Crippen LogP contribution in [0.15, 0.2) is 42.7 Å². The van der Waals surface area contributed by atoms with E-state index in [1.165, 1.54) is 0 Å². The SMILES string of the molecule is COc1ccccc1CCNC(=O)c1cncc(NCC(C)C)c1. The predicted octanol–water partition coefficient (Wildman–Crippen LogP) is 3.13. The van der Waals surface area contributed by atoms with Crippen molar-refractivity contribution in [1.29, 1.82) is 0 Å². The molecule has 0 fully saturated rings. The maximum absolute atomic E-state index is 12.3. The van der Waals surface area contributed by atoms with Crippen molar-refractivity contribution in [3.8, 4) is 5.75 Å². The number of rotatable bonds is 8. The molecule has 0 aliphatic rings. The molecule has 2 aromatic rings. The fourth-order valence-electron chi connectivity index (χ4n) is 2.31. The first-order valence-electron chi connectivity index (χ1n) is 8.19. The minimum atomic E-state index is -0.120. The molecule has 1 aromatic heterocycles. The van der Waals surface area contributed by atoms with Gasteiger partial charge in [-0.15, -0.1) is 0 Å². The summed E-state index contributed by atoms with van der Waals surface area (Å²) in [6, 6.07) is 9.65. The number of hydrogen-bond acceptors (Lipinski definition) is 4. The summed E-state index contributed by atoms with van der Waals surface area (Å²) in [6.45, 7) is 5.66. The molecule has 24 heavy (non-hydrogen) atoms. The van der Waals surface area contributed by atoms with E-state index in [1.54, 1.807) is 19.5 Å². The van der Waals surface area contributed by atoms with Gasteiger partial charge in [-0.3, -0.25) is 9.78 Å². The number of methoxy groups -OCH3 is 1. The Morgan fingerprint density at radius 3 is 2.79 bits per heavy atom. The number of carbonyl (C=O) groups excluding carboxylic acids is 1. The molecule has 0 aliphatic carbocycles. The number of aromatic nitrogens is 1. The topological polar surface area (TPSA) is 63.2 Å². The van der Waals surface area contributed by atoms with Crippen LogP contribution < -0.4 is 15.4 Å². The van der Waals surface area contributed by atoms with E-state index < -0.39 is 0 Å². The maximum atomic E-state index is 12.3. The molecule has 0 atom stereocenters. The summed E-state index contributed by atoms with van der Waals surface area (Å²) in [4.78, 5) is 16.4. The number of amides is 1. The third kappa shape index (κ3) is 5.26. The van der Waals surface area contributed by atoms with E-state index in [0.29, 0.717) is 24.4 Å². The van der Waals surface area contributed by atoms with Gasteiger partial charge < -0.3 is 15.4 Å². The third-order valence-corrected chi connectivity index (χ3v) is 3.59. The fraction of sp³-hybridized carbons (Fsp3) is 0.368. The first-order valence-corrected chi connectivity index (χ1v) is 8.19. The number of ether oxygens (including phenoxy) is 1. The highest BCUT2D eigenvalue weighted by Gasteiger charge is 2.08. The van der Waals surface area contributed by atoms with Gasteiger partial charge in [0.2, 0.25) is 0 Å². The summed E-state index contributed by atoms with van der Waals surface area (Å²) >= 11 is 0. The number of nitrogens with zero attached hydrogens (tertiary/aromatic N) is 1. The molecular formula is C19H25N3O2. The van der Waals surface area contributed by atoms with Crippen LogP contribution in [0.25, 0.3) is 0 Å². The number of hydrogen-bond donors (Lipinski definition) is 2. The smallest absolute Gasteiger partial charge is 0.252 e. The van der Waals surface area contributed by atoms with E-state index in [4.69, 9.17) is 4.74 Å². The van der Waals surface area contributed by atoms with Gasteiger partial charge in [-0.2, -0.15) is 0 Å². The van der Waals surface area contributed by atoms with Gasteiger partial charge in [0.05, 0.1) is 18.4 Å². The van der Waals surface area contributed by atoms with Crippen LogP contribution in [0, 0.1) is 5.92 Å². The zero-order chi connectivity index (χ0) is 17.4. The minimum absolute atomic E-state index is 0.120. The highest BCUT2D eigenvalue weighted by Crippen LogP contribution is 2.17. The molecule has 2 rings (SSSR count). The Morgan fingerprint density at radius 1 is 1.25 bits per heavy atom. The Bertz CT molecular complexity index is 671. The van der Waals surface area contributed by atoms with Crippen molar-refractivity contribution in [2.75, 3.05) is 25.5 Å². The molecule has 0 bridgehead atoms. The Kier molecular flexibility index (Phi) is 6.61. The van der Waals surface area contributed by atoms with Crippen molar-refractivity contribution in [3.63, 3.8) is 0 Å². The molecule has 1 aromatic carbocycles. The van der Waals surface area contributed by atoms with E-state index in [2.05, 4.69) is 29.5 Å². The second-order valence-corrected chi connectivity index (χ2v) is 6.05. The van der Waals surface area contributed by atoms with Crippen molar-refractivity contribution in [3.05, 3.63) is 53.9 Å². The van der Waals surface area contributed by atoms with Crippen molar-refractivity contribution in [2.24, 2.45) is 5.92 Å². The monoisotopic (exact) mass is 327 g/mol. The van der Waals surface area contributed by atoms with Gasteiger partial charge in [0.15, 0.2) is 0 Å². The van der Waals surface area contributed by atoms with Gasteiger partial charge in [0.25, 0.3) is 5.91 Å². The van der Waals surface area contributed by atoms with Gasteiger partial charge in [-0.1, -0.05) is 32.0 Å². The molecule has 5 heteroatoms. The summed E-state index contributed by atoms with van der Waals surface area (Å²) in [6.07, 6.45) is 4.03. The number of pyridine rings is 1. The van der Waals surface area contributed by atoms with Gasteiger partial charge >= 0.3 is 0 Å². The average Bonchev–Trinajstić information content (AvgIpc) is 2.60. The number of para-hydroxylation sites is 1. The van der Waals surface area contributed by atoms with Crippen LogP contribution >= 0.6 is 0 Å². The summed E-state index contributed by atoms with van der Waals surface area (Å²) in [5, 5.41) is 6.21. The van der Waals surface area contributed by atoms with Crippen LogP contribution in [-0.2, 0) is 6.42 Å². The van der Waals surface area contributed by atoms with E-state index >= 15 is 0 Å². The van der Waals surface area contributed by atoms with Crippen molar-refractivity contribution in [2.45, 2.75) is 20.3 Å².